The molecule has 1 aliphatic rings. The lowest BCUT2D eigenvalue weighted by molar-refractivity contribution is 1.29. The van der Waals surface area contributed by atoms with Crippen LogP contribution in [0.3, 0.4) is 0 Å². The van der Waals surface area contributed by atoms with Crippen molar-refractivity contribution in [3.63, 3.8) is 0 Å². The molecule has 1 N–H and O–H groups in total. The molecule has 0 amide bonds. The first kappa shape index (κ1) is 3.12. The molecule has 1 rings (SSSR count). The van der Waals surface area contributed by atoms with Crippen molar-refractivity contribution in [2.75, 3.05) is 0 Å². The predicted molar refractivity (Wildman–Crippen MR) is 23.3 cm³/mol. The monoisotopic (exact) mass is 77.0 g/mol. The SMILES string of the molecule is C1#CNC#CC1. The van der Waals surface area contributed by atoms with Crippen LogP contribution in [0.4, 0.5) is 0 Å². The van der Waals surface area contributed by atoms with Gasteiger partial charge in [-0.25, -0.2) is 0 Å². The van der Waals surface area contributed by atoms with Gasteiger partial charge in [-0.2, -0.15) is 0 Å². The van der Waals surface area contributed by atoms with Gasteiger partial charge in [0.25, 0.3) is 0 Å². The van der Waals surface area contributed by atoms with Gasteiger partial charge in [-0.3, -0.25) is 5.32 Å². The summed E-state index contributed by atoms with van der Waals surface area (Å²) in [4.78, 5) is 0. The fraction of sp³-hybridized carbons (Fsp3) is 0.200. The molecule has 1 aliphatic heterocycles. The van der Waals surface area contributed by atoms with Crippen LogP contribution in [-0.2, 0) is 0 Å². The van der Waals surface area contributed by atoms with E-state index in [1.165, 1.54) is 0 Å². The van der Waals surface area contributed by atoms with Gasteiger partial charge < -0.3 is 0 Å². The summed E-state index contributed by atoms with van der Waals surface area (Å²) in [6.07, 6.45) is 0.715. The maximum absolute atomic E-state index is 2.75. The van der Waals surface area contributed by atoms with Crippen molar-refractivity contribution in [1.29, 1.82) is 0 Å². The Labute approximate surface area is 36.7 Å². The summed E-state index contributed by atoms with van der Waals surface area (Å²) in [5.74, 6) is 5.50. The Bertz CT molecular complexity index is 116. The fourth-order valence-corrected chi connectivity index (χ4v) is 0.252. The third-order valence-electron chi connectivity index (χ3n) is 0.479. The highest BCUT2D eigenvalue weighted by Gasteiger charge is 1.69. The third kappa shape index (κ3) is 0.445. The molecule has 0 aliphatic carbocycles. The molecule has 1 heteroatoms. The van der Waals surface area contributed by atoms with E-state index in [-0.39, 0.29) is 0 Å². The standard InChI is InChI=1S/C5H3N/c1-2-4-6-5-3-1/h6H,1H2. The smallest absolute Gasteiger partial charge is 0.0739 e. The average molecular weight is 77.1 g/mol. The Morgan fingerprint density at radius 2 is 1.83 bits per heavy atom. The highest BCUT2D eigenvalue weighted by atomic mass is 14.8. The quantitative estimate of drug-likeness (QED) is 0.398. The Kier molecular flexibility index (Phi) is 0.719. The van der Waals surface area contributed by atoms with Gasteiger partial charge in [-0.1, -0.05) is 11.8 Å². The topological polar surface area (TPSA) is 12.0 Å². The van der Waals surface area contributed by atoms with Crippen molar-refractivity contribution in [1.82, 2.24) is 5.32 Å². The number of hydrogen-bond acceptors (Lipinski definition) is 1. The van der Waals surface area contributed by atoms with Gasteiger partial charge in [-0.05, 0) is 0 Å². The van der Waals surface area contributed by atoms with Crippen molar-refractivity contribution < 1.29 is 0 Å². The zero-order valence-electron chi connectivity index (χ0n) is 3.21. The van der Waals surface area contributed by atoms with Crippen LogP contribution in [-0.4, -0.2) is 0 Å². The molecule has 0 aromatic heterocycles. The molecule has 0 atom stereocenters. The van der Waals surface area contributed by atoms with E-state index in [1.54, 1.807) is 0 Å². The van der Waals surface area contributed by atoms with Crippen LogP contribution >= 0.6 is 0 Å². The average Bonchev–Trinajstić information content (AvgIpc) is 1.72. The second-order valence-electron chi connectivity index (χ2n) is 0.905. The van der Waals surface area contributed by atoms with Gasteiger partial charge in [0.1, 0.15) is 0 Å². The second kappa shape index (κ2) is 1.38. The van der Waals surface area contributed by atoms with Crippen LogP contribution in [0.25, 0.3) is 0 Å². The summed E-state index contributed by atoms with van der Waals surface area (Å²) in [6, 6.07) is 5.22. The first-order valence-corrected chi connectivity index (χ1v) is 1.71. The lowest BCUT2D eigenvalue weighted by Gasteiger charge is -1.80. The number of rotatable bonds is 0. The van der Waals surface area contributed by atoms with E-state index in [0.717, 1.165) is 0 Å². The second-order valence-corrected chi connectivity index (χ2v) is 0.905. The Morgan fingerprint density at radius 1 is 1.17 bits per heavy atom. The maximum Gasteiger partial charge on any atom is 0.0739 e. The van der Waals surface area contributed by atoms with Gasteiger partial charge >= 0.3 is 0 Å². The highest BCUT2D eigenvalue weighted by molar-refractivity contribution is 5.18. The highest BCUT2D eigenvalue weighted by Crippen LogP contribution is 1.69. The molecule has 0 saturated carbocycles. The zero-order chi connectivity index (χ0) is 4.24. The van der Waals surface area contributed by atoms with Gasteiger partial charge in [0, 0.05) is 12.1 Å². The van der Waals surface area contributed by atoms with E-state index >= 15 is 0 Å². The number of hydrogen-bond donors (Lipinski definition) is 1. The van der Waals surface area contributed by atoms with Gasteiger partial charge in [0.05, 0.1) is 6.42 Å². The van der Waals surface area contributed by atoms with Crippen LogP contribution < -0.4 is 5.32 Å². The van der Waals surface area contributed by atoms with Gasteiger partial charge in [0.15, 0.2) is 0 Å². The van der Waals surface area contributed by atoms with Gasteiger partial charge in [0.2, 0.25) is 0 Å². The van der Waals surface area contributed by atoms with Crippen molar-refractivity contribution in [2.24, 2.45) is 0 Å². The molecule has 28 valence electrons. The molecule has 0 radical (unpaired) electrons. The molecule has 0 bridgehead atoms. The maximum atomic E-state index is 2.75. The molecule has 0 saturated heterocycles. The number of nitrogens with one attached hydrogen (secondary N) is 1. The van der Waals surface area contributed by atoms with Crippen LogP contribution in [0.15, 0.2) is 0 Å². The minimum atomic E-state index is 0.715. The molecule has 0 unspecified atom stereocenters. The fourth-order valence-electron chi connectivity index (χ4n) is 0.252. The van der Waals surface area contributed by atoms with E-state index in [1.807, 2.05) is 0 Å². The lowest BCUT2D eigenvalue weighted by atomic mass is 10.4. The van der Waals surface area contributed by atoms with E-state index in [2.05, 4.69) is 29.2 Å². The van der Waals surface area contributed by atoms with Crippen LogP contribution in [0.2, 0.25) is 0 Å². The molecule has 1 nitrogen and oxygen atoms in total. The molecule has 0 aromatic carbocycles. The van der Waals surface area contributed by atoms with Crippen molar-refractivity contribution >= 4 is 0 Å². The lowest BCUT2D eigenvalue weighted by Crippen LogP contribution is -1.95. The van der Waals surface area contributed by atoms with E-state index < -0.39 is 0 Å². The Balaban J connectivity index is 2.57. The molecule has 0 fully saturated rings. The summed E-state index contributed by atoms with van der Waals surface area (Å²) in [5.41, 5.74) is 0. The summed E-state index contributed by atoms with van der Waals surface area (Å²) < 4.78 is 0. The molecule has 6 heavy (non-hydrogen) atoms. The summed E-state index contributed by atoms with van der Waals surface area (Å²) in [6.45, 7) is 0. The third-order valence-corrected chi connectivity index (χ3v) is 0.479. The minimum Gasteiger partial charge on any atom is -0.274 e. The van der Waals surface area contributed by atoms with E-state index in [4.69, 9.17) is 0 Å². The summed E-state index contributed by atoms with van der Waals surface area (Å²) in [5, 5.41) is 2.56. The van der Waals surface area contributed by atoms with Crippen LogP contribution in [0.1, 0.15) is 6.42 Å². The molecular formula is C5H3N. The Hall–Kier alpha value is -1.08. The predicted octanol–water partition coefficient (Wildman–Crippen LogP) is -0.0985. The Morgan fingerprint density at radius 3 is 2.00 bits per heavy atom. The van der Waals surface area contributed by atoms with Crippen molar-refractivity contribution in [2.45, 2.75) is 6.42 Å². The summed E-state index contributed by atoms with van der Waals surface area (Å²) in [7, 11) is 0. The largest absolute Gasteiger partial charge is 0.274 e. The summed E-state index contributed by atoms with van der Waals surface area (Å²) >= 11 is 0. The first-order valence-electron chi connectivity index (χ1n) is 1.71. The van der Waals surface area contributed by atoms with Crippen LogP contribution in [0, 0.1) is 23.9 Å². The minimum absolute atomic E-state index is 0.715. The molecule has 0 aromatic rings. The van der Waals surface area contributed by atoms with E-state index in [0.29, 0.717) is 6.42 Å². The zero-order valence-corrected chi connectivity index (χ0v) is 3.21. The molecular weight excluding hydrogens is 74.1 g/mol. The molecule has 0 spiro atoms. The molecule has 1 heterocycles. The van der Waals surface area contributed by atoms with Crippen molar-refractivity contribution in [3.8, 4) is 23.9 Å². The first-order chi connectivity index (χ1) is 3.00. The normalized spacial score (nSPS) is 12.0. The van der Waals surface area contributed by atoms with E-state index in [9.17, 15) is 0 Å². The van der Waals surface area contributed by atoms with Gasteiger partial charge in [-0.15, -0.1) is 0 Å². The van der Waals surface area contributed by atoms with Crippen LogP contribution in [0.5, 0.6) is 0 Å². The van der Waals surface area contributed by atoms with Crippen molar-refractivity contribution in [3.05, 3.63) is 0 Å².